The van der Waals surface area contributed by atoms with Crippen LogP contribution in [0.3, 0.4) is 0 Å². The molecular formula is C59H114O6. The minimum atomic E-state index is -0.763. The van der Waals surface area contributed by atoms with Crippen LogP contribution in [0, 0.1) is 11.8 Å². The van der Waals surface area contributed by atoms with Crippen LogP contribution in [0.1, 0.15) is 330 Å². The maximum Gasteiger partial charge on any atom is 0.306 e. The van der Waals surface area contributed by atoms with Gasteiger partial charge in [0.2, 0.25) is 0 Å². The van der Waals surface area contributed by atoms with Gasteiger partial charge in [0.05, 0.1) is 0 Å². The largest absolute Gasteiger partial charge is 0.462 e. The lowest BCUT2D eigenvalue weighted by molar-refractivity contribution is -0.167. The highest BCUT2D eigenvalue weighted by atomic mass is 16.6. The van der Waals surface area contributed by atoms with Gasteiger partial charge in [0.15, 0.2) is 6.10 Å². The quantitative estimate of drug-likeness (QED) is 0.0344. The summed E-state index contributed by atoms with van der Waals surface area (Å²) in [5.41, 5.74) is 0. The first-order valence-corrected chi connectivity index (χ1v) is 29.2. The number of carbonyl (C=O) groups is 3. The Labute approximate surface area is 406 Å². The van der Waals surface area contributed by atoms with Crippen molar-refractivity contribution in [3.63, 3.8) is 0 Å². The highest BCUT2D eigenvalue weighted by molar-refractivity contribution is 5.71. The molecule has 0 N–H and O–H groups in total. The van der Waals surface area contributed by atoms with Gasteiger partial charge in [0.25, 0.3) is 0 Å². The summed E-state index contributed by atoms with van der Waals surface area (Å²) >= 11 is 0. The Morgan fingerprint density at radius 3 is 0.754 bits per heavy atom. The molecule has 6 nitrogen and oxygen atoms in total. The summed E-state index contributed by atoms with van der Waals surface area (Å²) in [6.07, 6.45) is 55.2. The van der Waals surface area contributed by atoms with Crippen LogP contribution in [0.2, 0.25) is 0 Å². The van der Waals surface area contributed by atoms with E-state index in [4.69, 9.17) is 14.2 Å². The standard InChI is InChI=1S/C59H114O6/c1-6-7-8-9-10-11-12-13-14-15-19-24-29-34-39-44-49-57(60)63-52-56(53-64-58(61)50-45-40-35-30-26-21-23-28-33-38-43-48-55(4)5)65-59(62)51-46-41-36-31-25-20-17-16-18-22-27-32-37-42-47-54(2)3/h54-56H,6-53H2,1-5H3/t56-/m0/s1. The zero-order chi connectivity index (χ0) is 47.5. The molecule has 386 valence electrons. The van der Waals surface area contributed by atoms with E-state index in [2.05, 4.69) is 34.6 Å². The molecule has 0 aliphatic heterocycles. The predicted octanol–water partition coefficient (Wildman–Crippen LogP) is 19.3. The number of hydrogen-bond donors (Lipinski definition) is 0. The maximum absolute atomic E-state index is 12.9. The zero-order valence-corrected chi connectivity index (χ0v) is 44.6. The molecule has 0 aliphatic carbocycles. The van der Waals surface area contributed by atoms with Gasteiger partial charge in [-0.1, -0.05) is 291 Å². The Kier molecular flexibility index (Phi) is 50.5. The fourth-order valence-electron chi connectivity index (χ4n) is 9.05. The Hall–Kier alpha value is -1.59. The molecule has 0 unspecified atom stereocenters. The first kappa shape index (κ1) is 63.4. The van der Waals surface area contributed by atoms with Crippen molar-refractivity contribution < 1.29 is 28.6 Å². The number of unbranched alkanes of at least 4 members (excludes halogenated alkanes) is 38. The average molecular weight is 920 g/mol. The van der Waals surface area contributed by atoms with Crippen LogP contribution in [0.5, 0.6) is 0 Å². The van der Waals surface area contributed by atoms with Crippen molar-refractivity contribution in [1.29, 1.82) is 0 Å². The molecule has 1 atom stereocenters. The van der Waals surface area contributed by atoms with Crippen molar-refractivity contribution in [1.82, 2.24) is 0 Å². The lowest BCUT2D eigenvalue weighted by Gasteiger charge is -2.18. The Morgan fingerprint density at radius 2 is 0.508 bits per heavy atom. The topological polar surface area (TPSA) is 78.9 Å². The predicted molar refractivity (Wildman–Crippen MR) is 280 cm³/mol. The molecule has 65 heavy (non-hydrogen) atoms. The smallest absolute Gasteiger partial charge is 0.306 e. The molecule has 0 radical (unpaired) electrons. The van der Waals surface area contributed by atoms with E-state index in [9.17, 15) is 14.4 Å². The summed E-state index contributed by atoms with van der Waals surface area (Å²) < 4.78 is 16.9. The van der Waals surface area contributed by atoms with Gasteiger partial charge in [0, 0.05) is 19.3 Å². The van der Waals surface area contributed by atoms with Crippen LogP contribution in [-0.2, 0) is 28.6 Å². The van der Waals surface area contributed by atoms with Gasteiger partial charge in [-0.05, 0) is 31.1 Å². The highest BCUT2D eigenvalue weighted by Crippen LogP contribution is 2.18. The van der Waals surface area contributed by atoms with E-state index in [0.29, 0.717) is 19.3 Å². The Balaban J connectivity index is 4.30. The summed E-state index contributed by atoms with van der Waals surface area (Å²) in [4.78, 5) is 38.2. The van der Waals surface area contributed by atoms with Gasteiger partial charge in [-0.2, -0.15) is 0 Å². The van der Waals surface area contributed by atoms with E-state index in [1.54, 1.807) is 0 Å². The minimum Gasteiger partial charge on any atom is -0.462 e. The van der Waals surface area contributed by atoms with Gasteiger partial charge in [0.1, 0.15) is 13.2 Å². The number of carbonyl (C=O) groups excluding carboxylic acids is 3. The van der Waals surface area contributed by atoms with Gasteiger partial charge < -0.3 is 14.2 Å². The third-order valence-corrected chi connectivity index (χ3v) is 13.5. The normalized spacial score (nSPS) is 12.0. The molecule has 0 aliphatic rings. The van der Waals surface area contributed by atoms with Crippen LogP contribution in [0.4, 0.5) is 0 Å². The van der Waals surface area contributed by atoms with Gasteiger partial charge in [-0.15, -0.1) is 0 Å². The van der Waals surface area contributed by atoms with Crippen LogP contribution in [0.15, 0.2) is 0 Å². The molecule has 0 amide bonds. The SMILES string of the molecule is CCCCCCCCCCCCCCCCCCC(=O)OC[C@@H](COC(=O)CCCCCCCCCCCCCC(C)C)OC(=O)CCCCCCCCCCCCCCCCC(C)C. The molecule has 0 fully saturated rings. The van der Waals surface area contributed by atoms with Crippen molar-refractivity contribution >= 4 is 17.9 Å². The summed E-state index contributed by atoms with van der Waals surface area (Å²) in [6.45, 7) is 11.4. The van der Waals surface area contributed by atoms with Crippen molar-refractivity contribution in [3.8, 4) is 0 Å². The van der Waals surface area contributed by atoms with Gasteiger partial charge >= 0.3 is 17.9 Å². The lowest BCUT2D eigenvalue weighted by Crippen LogP contribution is -2.30. The first-order chi connectivity index (χ1) is 31.7. The van der Waals surface area contributed by atoms with Crippen molar-refractivity contribution in [3.05, 3.63) is 0 Å². The van der Waals surface area contributed by atoms with E-state index in [1.165, 1.54) is 218 Å². The number of esters is 3. The Morgan fingerprint density at radius 1 is 0.292 bits per heavy atom. The summed E-state index contributed by atoms with van der Waals surface area (Å²) in [6, 6.07) is 0. The van der Waals surface area contributed by atoms with Crippen molar-refractivity contribution in [2.75, 3.05) is 13.2 Å². The van der Waals surface area contributed by atoms with Gasteiger partial charge in [-0.25, -0.2) is 0 Å². The molecule has 0 saturated heterocycles. The Bertz CT molecular complexity index is 993. The zero-order valence-electron chi connectivity index (χ0n) is 44.6. The number of rotatable bonds is 53. The number of ether oxygens (including phenoxy) is 3. The van der Waals surface area contributed by atoms with Crippen LogP contribution >= 0.6 is 0 Å². The second-order valence-corrected chi connectivity index (χ2v) is 21.2. The second-order valence-electron chi connectivity index (χ2n) is 21.2. The first-order valence-electron chi connectivity index (χ1n) is 29.2. The average Bonchev–Trinajstić information content (AvgIpc) is 3.28. The molecule has 6 heteroatoms. The summed E-state index contributed by atoms with van der Waals surface area (Å²) in [5, 5.41) is 0. The molecule has 0 aromatic heterocycles. The molecule has 0 saturated carbocycles. The summed E-state index contributed by atoms with van der Waals surface area (Å²) in [7, 11) is 0. The van der Waals surface area contributed by atoms with Crippen LogP contribution in [-0.4, -0.2) is 37.2 Å². The molecule has 0 spiro atoms. The van der Waals surface area contributed by atoms with E-state index in [0.717, 1.165) is 69.6 Å². The molecule has 0 aromatic rings. The number of hydrogen-bond acceptors (Lipinski definition) is 6. The third kappa shape index (κ3) is 53.2. The molecule has 0 rings (SSSR count). The molecule has 0 bridgehead atoms. The van der Waals surface area contributed by atoms with Gasteiger partial charge in [-0.3, -0.25) is 14.4 Å². The highest BCUT2D eigenvalue weighted by Gasteiger charge is 2.19. The monoisotopic (exact) mass is 919 g/mol. The summed E-state index contributed by atoms with van der Waals surface area (Å²) in [5.74, 6) is 0.832. The van der Waals surface area contributed by atoms with Crippen LogP contribution < -0.4 is 0 Å². The molecule has 0 heterocycles. The minimum absolute atomic E-state index is 0.0625. The molecular weight excluding hydrogens is 805 g/mol. The van der Waals surface area contributed by atoms with E-state index < -0.39 is 6.10 Å². The second kappa shape index (κ2) is 51.8. The molecule has 0 aromatic carbocycles. The fourth-order valence-corrected chi connectivity index (χ4v) is 9.05. The van der Waals surface area contributed by atoms with Crippen LogP contribution in [0.25, 0.3) is 0 Å². The maximum atomic E-state index is 12.9. The van der Waals surface area contributed by atoms with E-state index >= 15 is 0 Å². The van der Waals surface area contributed by atoms with Crippen molar-refractivity contribution in [2.24, 2.45) is 11.8 Å². The van der Waals surface area contributed by atoms with E-state index in [-0.39, 0.29) is 31.1 Å². The third-order valence-electron chi connectivity index (χ3n) is 13.5. The van der Waals surface area contributed by atoms with E-state index in [1.807, 2.05) is 0 Å². The lowest BCUT2D eigenvalue weighted by atomic mass is 10.0. The fraction of sp³-hybridized carbons (Fsp3) is 0.949. The van der Waals surface area contributed by atoms with Crippen molar-refractivity contribution in [2.45, 2.75) is 336 Å².